The van der Waals surface area contributed by atoms with E-state index in [2.05, 4.69) is 48.5 Å². The highest BCUT2D eigenvalue weighted by Crippen LogP contribution is 2.23. The molecule has 3 aromatic carbocycles. The summed E-state index contributed by atoms with van der Waals surface area (Å²) >= 11 is 0. The summed E-state index contributed by atoms with van der Waals surface area (Å²) in [7, 11) is 0. The normalized spacial score (nSPS) is 11.9. The summed E-state index contributed by atoms with van der Waals surface area (Å²) < 4.78 is 5.82. The first-order chi connectivity index (χ1) is 11.7. The molecule has 1 unspecified atom stereocenters. The number of aliphatic hydroxyl groups is 1. The number of ether oxygens (including phenoxy) is 1. The Bertz CT molecular complexity index is 744. The summed E-state index contributed by atoms with van der Waals surface area (Å²) in [6.07, 6.45) is 0.379. The summed E-state index contributed by atoms with van der Waals surface area (Å²) in [5.74, 6) is 0.869. The van der Waals surface area contributed by atoms with Crippen LogP contribution in [-0.2, 0) is 13.0 Å². The van der Waals surface area contributed by atoms with E-state index < -0.39 is 0 Å². The van der Waals surface area contributed by atoms with E-state index in [1.165, 1.54) is 5.56 Å². The first-order valence-electron chi connectivity index (χ1n) is 8.25. The first kappa shape index (κ1) is 16.3. The van der Waals surface area contributed by atoms with Crippen LogP contribution in [0.2, 0.25) is 0 Å². The monoisotopic (exact) mass is 318 g/mol. The van der Waals surface area contributed by atoms with Gasteiger partial charge in [0.2, 0.25) is 0 Å². The van der Waals surface area contributed by atoms with Crippen molar-refractivity contribution in [2.75, 3.05) is 0 Å². The van der Waals surface area contributed by atoms with E-state index in [0.717, 1.165) is 22.4 Å². The summed E-state index contributed by atoms with van der Waals surface area (Å²) in [5, 5.41) is 9.44. The van der Waals surface area contributed by atoms with Gasteiger partial charge in [-0.3, -0.25) is 0 Å². The molecule has 0 heterocycles. The molecule has 2 nitrogen and oxygen atoms in total. The average Bonchev–Trinajstić information content (AvgIpc) is 2.62. The topological polar surface area (TPSA) is 29.5 Å². The van der Waals surface area contributed by atoms with E-state index in [1.807, 2.05) is 37.3 Å². The van der Waals surface area contributed by atoms with Gasteiger partial charge in [-0.2, -0.15) is 0 Å². The molecule has 24 heavy (non-hydrogen) atoms. The van der Waals surface area contributed by atoms with E-state index >= 15 is 0 Å². The van der Waals surface area contributed by atoms with Crippen LogP contribution in [0.3, 0.4) is 0 Å². The molecule has 1 N–H and O–H groups in total. The minimum atomic E-state index is -0.308. The number of aliphatic hydroxyl groups excluding tert-OH is 1. The van der Waals surface area contributed by atoms with Crippen molar-refractivity contribution in [3.8, 4) is 16.9 Å². The van der Waals surface area contributed by atoms with Crippen molar-refractivity contribution in [1.82, 2.24) is 0 Å². The lowest BCUT2D eigenvalue weighted by atomic mass is 10.0. The molecule has 0 radical (unpaired) electrons. The minimum absolute atomic E-state index is 0.308. The van der Waals surface area contributed by atoms with Gasteiger partial charge in [-0.25, -0.2) is 0 Å². The number of hydrogen-bond acceptors (Lipinski definition) is 2. The Hall–Kier alpha value is -2.58. The number of hydrogen-bond donors (Lipinski definition) is 1. The second kappa shape index (κ2) is 7.80. The standard InChI is InChI=1S/C22H22O2/c1-17(23)15-18-7-9-20(10-8-18)21-11-13-22(14-12-21)24-16-19-5-3-2-4-6-19/h2-14,17,23H,15-16H2,1H3. The molecule has 0 aliphatic heterocycles. The van der Waals surface area contributed by atoms with Crippen molar-refractivity contribution in [1.29, 1.82) is 0 Å². The largest absolute Gasteiger partial charge is 0.489 e. The smallest absolute Gasteiger partial charge is 0.119 e. The lowest BCUT2D eigenvalue weighted by Crippen LogP contribution is -2.03. The van der Waals surface area contributed by atoms with Crippen LogP contribution in [0.5, 0.6) is 5.75 Å². The SMILES string of the molecule is CC(O)Cc1ccc(-c2ccc(OCc3ccccc3)cc2)cc1. The third-order valence-electron chi connectivity index (χ3n) is 3.92. The van der Waals surface area contributed by atoms with Crippen molar-refractivity contribution < 1.29 is 9.84 Å². The van der Waals surface area contributed by atoms with E-state index in [9.17, 15) is 5.11 Å². The molecule has 2 heteroatoms. The van der Waals surface area contributed by atoms with E-state index in [1.54, 1.807) is 0 Å². The Labute approximate surface area is 143 Å². The molecule has 122 valence electrons. The molecular formula is C22H22O2. The minimum Gasteiger partial charge on any atom is -0.489 e. The van der Waals surface area contributed by atoms with Crippen LogP contribution < -0.4 is 4.74 Å². The highest BCUT2D eigenvalue weighted by Gasteiger charge is 2.02. The molecule has 3 aromatic rings. The van der Waals surface area contributed by atoms with Crippen LogP contribution in [0.15, 0.2) is 78.9 Å². The van der Waals surface area contributed by atoms with Gasteiger partial charge in [-0.1, -0.05) is 66.7 Å². The molecule has 0 spiro atoms. The zero-order valence-corrected chi connectivity index (χ0v) is 13.9. The van der Waals surface area contributed by atoms with Crippen LogP contribution in [0.25, 0.3) is 11.1 Å². The van der Waals surface area contributed by atoms with Gasteiger partial charge >= 0.3 is 0 Å². The second-order valence-electron chi connectivity index (χ2n) is 6.05. The van der Waals surface area contributed by atoms with Crippen molar-refractivity contribution in [2.45, 2.75) is 26.1 Å². The van der Waals surface area contributed by atoms with Gasteiger partial charge in [0.05, 0.1) is 6.10 Å². The predicted octanol–water partition coefficient (Wildman–Crippen LogP) is 4.86. The van der Waals surface area contributed by atoms with Gasteiger partial charge in [0, 0.05) is 0 Å². The fraction of sp³-hybridized carbons (Fsp3) is 0.182. The maximum atomic E-state index is 9.44. The Kier molecular flexibility index (Phi) is 5.29. The number of rotatable bonds is 6. The molecule has 1 atom stereocenters. The summed E-state index contributed by atoms with van der Waals surface area (Å²) in [6, 6.07) is 26.6. The lowest BCUT2D eigenvalue weighted by Gasteiger charge is -2.09. The molecule has 0 bridgehead atoms. The van der Waals surface area contributed by atoms with Crippen LogP contribution in [0.4, 0.5) is 0 Å². The van der Waals surface area contributed by atoms with Crippen LogP contribution >= 0.6 is 0 Å². The average molecular weight is 318 g/mol. The van der Waals surface area contributed by atoms with Crippen LogP contribution in [0, 0.1) is 0 Å². The van der Waals surface area contributed by atoms with Crippen molar-refractivity contribution in [3.05, 3.63) is 90.0 Å². The zero-order valence-electron chi connectivity index (χ0n) is 13.9. The molecule has 0 aliphatic rings. The molecule has 0 saturated heterocycles. The van der Waals surface area contributed by atoms with Gasteiger partial charge in [-0.05, 0) is 47.7 Å². The van der Waals surface area contributed by atoms with Crippen molar-refractivity contribution >= 4 is 0 Å². The maximum absolute atomic E-state index is 9.44. The third kappa shape index (κ3) is 4.46. The Morgan fingerprint density at radius 1 is 0.750 bits per heavy atom. The Balaban J connectivity index is 1.63. The second-order valence-corrected chi connectivity index (χ2v) is 6.05. The summed E-state index contributed by atoms with van der Waals surface area (Å²) in [5.41, 5.74) is 4.64. The molecule has 0 aromatic heterocycles. The quantitative estimate of drug-likeness (QED) is 0.703. The van der Waals surface area contributed by atoms with Crippen molar-refractivity contribution in [3.63, 3.8) is 0 Å². The Morgan fingerprint density at radius 2 is 1.33 bits per heavy atom. The third-order valence-corrected chi connectivity index (χ3v) is 3.92. The molecular weight excluding hydrogens is 296 g/mol. The Morgan fingerprint density at radius 3 is 1.92 bits per heavy atom. The predicted molar refractivity (Wildman–Crippen MR) is 98.0 cm³/mol. The fourth-order valence-electron chi connectivity index (χ4n) is 2.66. The lowest BCUT2D eigenvalue weighted by molar-refractivity contribution is 0.195. The first-order valence-corrected chi connectivity index (χ1v) is 8.25. The highest BCUT2D eigenvalue weighted by atomic mass is 16.5. The van der Waals surface area contributed by atoms with Crippen molar-refractivity contribution in [2.24, 2.45) is 0 Å². The van der Waals surface area contributed by atoms with Gasteiger partial charge in [-0.15, -0.1) is 0 Å². The van der Waals surface area contributed by atoms with E-state index in [-0.39, 0.29) is 6.10 Å². The molecule has 0 amide bonds. The van der Waals surface area contributed by atoms with Gasteiger partial charge in [0.1, 0.15) is 12.4 Å². The molecule has 0 saturated carbocycles. The van der Waals surface area contributed by atoms with Crippen LogP contribution in [-0.4, -0.2) is 11.2 Å². The summed E-state index contributed by atoms with van der Waals surface area (Å²) in [6.45, 7) is 2.39. The molecule has 0 fully saturated rings. The summed E-state index contributed by atoms with van der Waals surface area (Å²) in [4.78, 5) is 0. The van der Waals surface area contributed by atoms with Crippen LogP contribution in [0.1, 0.15) is 18.1 Å². The van der Waals surface area contributed by atoms with E-state index in [4.69, 9.17) is 4.74 Å². The highest BCUT2D eigenvalue weighted by molar-refractivity contribution is 5.64. The van der Waals surface area contributed by atoms with Gasteiger partial charge < -0.3 is 9.84 Å². The van der Waals surface area contributed by atoms with Gasteiger partial charge in [0.25, 0.3) is 0 Å². The number of benzene rings is 3. The zero-order chi connectivity index (χ0) is 16.8. The molecule has 0 aliphatic carbocycles. The molecule has 3 rings (SSSR count). The maximum Gasteiger partial charge on any atom is 0.119 e. The van der Waals surface area contributed by atoms with Gasteiger partial charge in [0.15, 0.2) is 0 Å². The van der Waals surface area contributed by atoms with E-state index in [0.29, 0.717) is 13.0 Å². The fourth-order valence-corrected chi connectivity index (χ4v) is 2.66.